The van der Waals surface area contributed by atoms with Crippen molar-refractivity contribution in [3.8, 4) is 0 Å². The van der Waals surface area contributed by atoms with E-state index in [0.29, 0.717) is 13.2 Å². The number of carbonyl (C=O) groups is 2. The molecule has 1 saturated carbocycles. The van der Waals surface area contributed by atoms with Gasteiger partial charge in [-0.05, 0) is 52.0 Å². The molecule has 2 aliphatic carbocycles. The molecule has 2 rings (SSSR count). The first-order chi connectivity index (χ1) is 11.8. The maximum Gasteiger partial charge on any atom is 0.407 e. The highest BCUT2D eigenvalue weighted by Crippen LogP contribution is 2.29. The third kappa shape index (κ3) is 6.80. The standard InChI is InChI=1S/C19H30N2O4/c1-18(2,3)25-16(22)20-14-19(11-7-8-12-19)21-17(23)24-13-15-9-5-4-6-10-15/h4-5,9H,6-8,10-14H2,1-3H3,(H,20,22)(H,21,23). The smallest absolute Gasteiger partial charge is 0.407 e. The summed E-state index contributed by atoms with van der Waals surface area (Å²) in [6, 6.07) is 0. The second kappa shape index (κ2) is 8.41. The quantitative estimate of drug-likeness (QED) is 0.790. The monoisotopic (exact) mass is 350 g/mol. The summed E-state index contributed by atoms with van der Waals surface area (Å²) in [5, 5.41) is 5.75. The van der Waals surface area contributed by atoms with Crippen LogP contribution in [0.2, 0.25) is 0 Å². The van der Waals surface area contributed by atoms with Crippen LogP contribution in [-0.4, -0.2) is 36.5 Å². The molecule has 6 heteroatoms. The van der Waals surface area contributed by atoms with E-state index in [-0.39, 0.29) is 0 Å². The number of nitrogens with one attached hydrogen (secondary N) is 2. The molecule has 0 bridgehead atoms. The highest BCUT2D eigenvalue weighted by molar-refractivity contribution is 5.70. The van der Waals surface area contributed by atoms with Crippen molar-refractivity contribution >= 4 is 12.2 Å². The Balaban J connectivity index is 1.82. The van der Waals surface area contributed by atoms with E-state index in [1.54, 1.807) is 0 Å². The topological polar surface area (TPSA) is 76.7 Å². The van der Waals surface area contributed by atoms with E-state index in [9.17, 15) is 9.59 Å². The van der Waals surface area contributed by atoms with Crippen molar-refractivity contribution in [1.82, 2.24) is 10.6 Å². The minimum atomic E-state index is -0.540. The third-order valence-corrected chi connectivity index (χ3v) is 4.39. The zero-order valence-electron chi connectivity index (χ0n) is 15.5. The van der Waals surface area contributed by atoms with Gasteiger partial charge in [-0.15, -0.1) is 0 Å². The van der Waals surface area contributed by atoms with Gasteiger partial charge in [0.15, 0.2) is 0 Å². The van der Waals surface area contributed by atoms with E-state index in [0.717, 1.165) is 44.1 Å². The van der Waals surface area contributed by atoms with E-state index in [2.05, 4.69) is 16.7 Å². The molecule has 0 spiro atoms. The number of carbonyl (C=O) groups excluding carboxylic acids is 2. The molecule has 2 amide bonds. The summed E-state index contributed by atoms with van der Waals surface area (Å²) in [5.41, 5.74) is 0.126. The van der Waals surface area contributed by atoms with Crippen LogP contribution in [0.1, 0.15) is 59.3 Å². The molecule has 0 atom stereocenters. The average molecular weight is 350 g/mol. The van der Waals surface area contributed by atoms with Crippen LogP contribution in [0.25, 0.3) is 0 Å². The molecule has 2 N–H and O–H groups in total. The van der Waals surface area contributed by atoms with Crippen LogP contribution in [0.4, 0.5) is 9.59 Å². The van der Waals surface area contributed by atoms with Gasteiger partial charge in [-0.3, -0.25) is 0 Å². The van der Waals surface area contributed by atoms with Gasteiger partial charge in [0, 0.05) is 6.54 Å². The summed E-state index contributed by atoms with van der Waals surface area (Å²) < 4.78 is 10.6. The highest BCUT2D eigenvalue weighted by atomic mass is 16.6. The Bertz CT molecular complexity index is 540. The lowest BCUT2D eigenvalue weighted by Crippen LogP contribution is -2.54. The minimum Gasteiger partial charge on any atom is -0.445 e. The molecule has 0 saturated heterocycles. The fraction of sp³-hybridized carbons (Fsp3) is 0.684. The number of ether oxygens (including phenoxy) is 2. The lowest BCUT2D eigenvalue weighted by atomic mass is 9.98. The SMILES string of the molecule is CC(C)(C)OC(=O)NCC1(NC(=O)OCC2=CC=CCC2)CCCC1. The lowest BCUT2D eigenvalue weighted by molar-refractivity contribution is 0.0506. The van der Waals surface area contributed by atoms with Gasteiger partial charge >= 0.3 is 12.2 Å². The molecule has 25 heavy (non-hydrogen) atoms. The second-order valence-corrected chi connectivity index (χ2v) is 7.84. The van der Waals surface area contributed by atoms with E-state index >= 15 is 0 Å². The van der Waals surface area contributed by atoms with Crippen molar-refractivity contribution in [1.29, 1.82) is 0 Å². The Morgan fingerprint density at radius 1 is 1.20 bits per heavy atom. The highest BCUT2D eigenvalue weighted by Gasteiger charge is 2.36. The second-order valence-electron chi connectivity index (χ2n) is 7.84. The molecule has 0 radical (unpaired) electrons. The normalized spacial score (nSPS) is 19.1. The molecule has 0 unspecified atom stereocenters. The summed E-state index contributed by atoms with van der Waals surface area (Å²) >= 11 is 0. The van der Waals surface area contributed by atoms with Crippen LogP contribution in [-0.2, 0) is 9.47 Å². The Kier molecular flexibility index (Phi) is 6.51. The number of hydrogen-bond acceptors (Lipinski definition) is 4. The van der Waals surface area contributed by atoms with Crippen LogP contribution in [0.3, 0.4) is 0 Å². The fourth-order valence-corrected chi connectivity index (χ4v) is 3.14. The number of amides is 2. The molecule has 0 aliphatic heterocycles. The summed E-state index contributed by atoms with van der Waals surface area (Å²) in [4.78, 5) is 24.1. The van der Waals surface area contributed by atoms with E-state index in [4.69, 9.17) is 9.47 Å². The summed E-state index contributed by atoms with van der Waals surface area (Å²) in [7, 11) is 0. The Morgan fingerprint density at radius 3 is 2.52 bits per heavy atom. The van der Waals surface area contributed by atoms with Crippen LogP contribution in [0.15, 0.2) is 23.8 Å². The maximum absolute atomic E-state index is 12.2. The van der Waals surface area contributed by atoms with Gasteiger partial charge < -0.3 is 20.1 Å². The largest absolute Gasteiger partial charge is 0.445 e. The number of rotatable bonds is 5. The number of hydrogen-bond donors (Lipinski definition) is 2. The molecule has 6 nitrogen and oxygen atoms in total. The molecule has 0 heterocycles. The molecule has 2 aliphatic rings. The van der Waals surface area contributed by atoms with Crippen molar-refractivity contribution in [3.63, 3.8) is 0 Å². The summed E-state index contributed by atoms with van der Waals surface area (Å²) in [5.74, 6) is 0. The van der Waals surface area contributed by atoms with Gasteiger partial charge in [0.25, 0.3) is 0 Å². The maximum atomic E-state index is 12.2. The Hall–Kier alpha value is -1.98. The molecule has 1 fully saturated rings. The minimum absolute atomic E-state index is 0.311. The van der Waals surface area contributed by atoms with Gasteiger partial charge in [-0.2, -0.15) is 0 Å². The fourth-order valence-electron chi connectivity index (χ4n) is 3.14. The van der Waals surface area contributed by atoms with Gasteiger partial charge in [0.2, 0.25) is 0 Å². The first kappa shape index (κ1) is 19.3. The zero-order chi connectivity index (χ0) is 18.3. The number of allylic oxidation sites excluding steroid dienone is 3. The van der Waals surface area contributed by atoms with E-state index < -0.39 is 23.3 Å². The Labute approximate surface area is 150 Å². The van der Waals surface area contributed by atoms with Crippen LogP contribution >= 0.6 is 0 Å². The van der Waals surface area contributed by atoms with Crippen molar-refractivity contribution < 1.29 is 19.1 Å². The van der Waals surface area contributed by atoms with Crippen LogP contribution < -0.4 is 10.6 Å². The van der Waals surface area contributed by atoms with E-state index in [1.807, 2.05) is 32.9 Å². The first-order valence-electron chi connectivity index (χ1n) is 9.04. The molecule has 0 aromatic carbocycles. The van der Waals surface area contributed by atoms with Gasteiger partial charge in [-0.1, -0.05) is 31.1 Å². The van der Waals surface area contributed by atoms with Gasteiger partial charge in [0.05, 0.1) is 5.54 Å². The predicted octanol–water partition coefficient (Wildman–Crippen LogP) is 3.83. The van der Waals surface area contributed by atoms with Gasteiger partial charge in [-0.25, -0.2) is 9.59 Å². The predicted molar refractivity (Wildman–Crippen MR) is 96.4 cm³/mol. The van der Waals surface area contributed by atoms with Crippen molar-refractivity contribution in [2.24, 2.45) is 0 Å². The van der Waals surface area contributed by atoms with Gasteiger partial charge in [0.1, 0.15) is 12.2 Å². The van der Waals surface area contributed by atoms with E-state index in [1.165, 1.54) is 0 Å². The average Bonchev–Trinajstić information content (AvgIpc) is 2.99. The molecular weight excluding hydrogens is 320 g/mol. The Morgan fingerprint density at radius 2 is 1.92 bits per heavy atom. The van der Waals surface area contributed by atoms with Crippen molar-refractivity contribution in [2.45, 2.75) is 70.4 Å². The lowest BCUT2D eigenvalue weighted by Gasteiger charge is -2.30. The summed E-state index contributed by atoms with van der Waals surface area (Å²) in [6.07, 6.45) is 10.8. The van der Waals surface area contributed by atoms with Crippen LogP contribution in [0, 0.1) is 0 Å². The molecule has 0 aromatic rings. The number of alkyl carbamates (subject to hydrolysis) is 2. The first-order valence-corrected chi connectivity index (χ1v) is 9.04. The molecule has 0 aromatic heterocycles. The van der Waals surface area contributed by atoms with Crippen molar-refractivity contribution in [3.05, 3.63) is 23.8 Å². The van der Waals surface area contributed by atoms with Crippen molar-refractivity contribution in [2.75, 3.05) is 13.2 Å². The molecule has 140 valence electrons. The molecular formula is C19H30N2O4. The van der Waals surface area contributed by atoms with Crippen LogP contribution in [0.5, 0.6) is 0 Å². The third-order valence-electron chi connectivity index (χ3n) is 4.39. The zero-order valence-corrected chi connectivity index (χ0v) is 15.5. The summed E-state index contributed by atoms with van der Waals surface area (Å²) in [6.45, 7) is 6.13.